The van der Waals surface area contributed by atoms with E-state index < -0.39 is 5.97 Å². The number of rotatable bonds is 7. The van der Waals surface area contributed by atoms with Crippen molar-refractivity contribution in [1.29, 1.82) is 0 Å². The van der Waals surface area contributed by atoms with Gasteiger partial charge in [-0.3, -0.25) is 9.59 Å². The summed E-state index contributed by atoms with van der Waals surface area (Å²) in [5.41, 5.74) is 0. The van der Waals surface area contributed by atoms with Gasteiger partial charge in [-0.25, -0.2) is 0 Å². The summed E-state index contributed by atoms with van der Waals surface area (Å²) in [5, 5.41) is 0. The summed E-state index contributed by atoms with van der Waals surface area (Å²) in [7, 11) is 0. The van der Waals surface area contributed by atoms with Crippen molar-refractivity contribution in [2.45, 2.75) is 51.9 Å². The van der Waals surface area contributed by atoms with Crippen LogP contribution in [0.15, 0.2) is 9.66 Å². The minimum atomic E-state index is -0.398. The van der Waals surface area contributed by atoms with Crippen LogP contribution >= 0.6 is 22.6 Å². The Morgan fingerprint density at radius 1 is 1.35 bits per heavy atom. The van der Waals surface area contributed by atoms with Crippen LogP contribution in [0.3, 0.4) is 0 Å². The van der Waals surface area contributed by atoms with E-state index in [1.807, 2.05) is 0 Å². The smallest absolute Gasteiger partial charge is 0.322 e. The number of unbranched alkanes of at least 4 members (excludes halogenated alkanes) is 5. The molecule has 1 fully saturated rings. The number of allylic oxidation sites excluding steroid dienone is 1. The van der Waals surface area contributed by atoms with Gasteiger partial charge in [-0.15, -0.1) is 0 Å². The van der Waals surface area contributed by atoms with Crippen molar-refractivity contribution < 1.29 is 14.3 Å². The lowest BCUT2D eigenvalue weighted by Gasteiger charge is -2.03. The van der Waals surface area contributed by atoms with Crippen LogP contribution in [0.1, 0.15) is 51.9 Å². The molecule has 1 unspecified atom stereocenters. The van der Waals surface area contributed by atoms with Gasteiger partial charge < -0.3 is 4.74 Å². The Morgan fingerprint density at radius 2 is 2.06 bits per heavy atom. The minimum absolute atomic E-state index is 0.212. The predicted molar refractivity (Wildman–Crippen MR) is 74.7 cm³/mol. The Morgan fingerprint density at radius 3 is 2.65 bits per heavy atom. The second-order valence-electron chi connectivity index (χ2n) is 4.34. The van der Waals surface area contributed by atoms with Gasteiger partial charge in [-0.05, 0) is 35.4 Å². The summed E-state index contributed by atoms with van der Waals surface area (Å²) in [6.45, 7) is 2.20. The van der Waals surface area contributed by atoms with Gasteiger partial charge in [0.15, 0.2) is 0 Å². The Kier molecular flexibility index (Phi) is 6.77. The van der Waals surface area contributed by atoms with Crippen molar-refractivity contribution in [2.24, 2.45) is 5.92 Å². The van der Waals surface area contributed by atoms with Gasteiger partial charge in [0.1, 0.15) is 0 Å². The SMILES string of the molecule is CCCCCCCC=C(I)C1CC(=O)OC1=O. The number of ether oxygens (including phenoxy) is 1. The van der Waals surface area contributed by atoms with E-state index in [9.17, 15) is 9.59 Å². The Bertz CT molecular complexity index is 310. The third-order valence-corrected chi connectivity index (χ3v) is 4.04. The van der Waals surface area contributed by atoms with E-state index in [4.69, 9.17) is 0 Å². The van der Waals surface area contributed by atoms with Gasteiger partial charge in [0.05, 0.1) is 12.3 Å². The zero-order valence-corrected chi connectivity index (χ0v) is 12.4. The van der Waals surface area contributed by atoms with Crippen molar-refractivity contribution >= 4 is 34.5 Å². The fourth-order valence-corrected chi connectivity index (χ4v) is 2.60. The Hall–Kier alpha value is -0.390. The first-order chi connectivity index (χ1) is 8.15. The Labute approximate surface area is 116 Å². The molecular formula is C13H19IO3. The zero-order chi connectivity index (χ0) is 12.7. The van der Waals surface area contributed by atoms with Crippen LogP contribution in [0, 0.1) is 5.92 Å². The van der Waals surface area contributed by atoms with Crippen molar-refractivity contribution in [3.05, 3.63) is 9.66 Å². The van der Waals surface area contributed by atoms with Crippen LogP contribution in [0.2, 0.25) is 0 Å². The summed E-state index contributed by atoms with van der Waals surface area (Å²) in [4.78, 5) is 22.3. The number of hydrogen-bond donors (Lipinski definition) is 0. The first-order valence-corrected chi connectivity index (χ1v) is 7.33. The average molecular weight is 350 g/mol. The molecule has 0 radical (unpaired) electrons. The highest BCUT2D eigenvalue weighted by Gasteiger charge is 2.34. The lowest BCUT2D eigenvalue weighted by molar-refractivity contribution is -0.152. The van der Waals surface area contributed by atoms with Crippen molar-refractivity contribution in [1.82, 2.24) is 0 Å². The van der Waals surface area contributed by atoms with E-state index in [1.54, 1.807) is 0 Å². The summed E-state index contributed by atoms with van der Waals surface area (Å²) in [6.07, 6.45) is 9.49. The lowest BCUT2D eigenvalue weighted by Crippen LogP contribution is -2.07. The number of carbonyl (C=O) groups excluding carboxylic acids is 2. The molecule has 4 heteroatoms. The fourth-order valence-electron chi connectivity index (χ4n) is 1.82. The third kappa shape index (κ3) is 5.19. The van der Waals surface area contributed by atoms with Gasteiger partial charge in [0.2, 0.25) is 0 Å². The molecule has 0 amide bonds. The van der Waals surface area contributed by atoms with E-state index in [2.05, 4.69) is 40.3 Å². The van der Waals surface area contributed by atoms with Gasteiger partial charge in [0, 0.05) is 3.58 Å². The highest BCUT2D eigenvalue weighted by atomic mass is 127. The maximum atomic E-state index is 11.3. The summed E-state index contributed by atoms with van der Waals surface area (Å²) >= 11 is 2.15. The molecule has 1 saturated heterocycles. The first kappa shape index (κ1) is 14.7. The van der Waals surface area contributed by atoms with Crippen molar-refractivity contribution in [2.75, 3.05) is 0 Å². The summed E-state index contributed by atoms with van der Waals surface area (Å²) in [5.74, 6) is -1.12. The molecule has 0 aliphatic carbocycles. The summed E-state index contributed by atoms with van der Waals surface area (Å²) in [6, 6.07) is 0. The molecule has 0 aromatic carbocycles. The van der Waals surface area contributed by atoms with Crippen LogP contribution < -0.4 is 0 Å². The molecule has 1 atom stereocenters. The monoisotopic (exact) mass is 350 g/mol. The summed E-state index contributed by atoms with van der Waals surface area (Å²) < 4.78 is 5.48. The van der Waals surface area contributed by atoms with E-state index in [0.29, 0.717) is 0 Å². The molecule has 0 N–H and O–H groups in total. The van der Waals surface area contributed by atoms with Crippen LogP contribution in [0.25, 0.3) is 0 Å². The molecular weight excluding hydrogens is 331 g/mol. The molecule has 1 rings (SSSR count). The standard InChI is InChI=1S/C13H19IO3/c1-2-3-4-5-6-7-8-11(14)10-9-12(15)17-13(10)16/h8,10H,2-7,9H2,1H3. The number of halogens is 1. The van der Waals surface area contributed by atoms with E-state index in [0.717, 1.165) is 16.4 Å². The molecule has 1 aliphatic rings. The molecule has 1 heterocycles. The highest BCUT2D eigenvalue weighted by molar-refractivity contribution is 14.1. The van der Waals surface area contributed by atoms with Crippen LogP contribution in [0.5, 0.6) is 0 Å². The molecule has 0 aromatic rings. The fraction of sp³-hybridized carbons (Fsp3) is 0.692. The number of cyclic esters (lactones) is 2. The topological polar surface area (TPSA) is 43.4 Å². The van der Waals surface area contributed by atoms with E-state index >= 15 is 0 Å². The maximum Gasteiger partial charge on any atom is 0.322 e. The number of esters is 2. The quantitative estimate of drug-likeness (QED) is 0.304. The normalized spacial score (nSPS) is 20.8. The molecule has 17 heavy (non-hydrogen) atoms. The van der Waals surface area contributed by atoms with E-state index in [-0.39, 0.29) is 18.3 Å². The highest BCUT2D eigenvalue weighted by Crippen LogP contribution is 2.29. The van der Waals surface area contributed by atoms with Gasteiger partial charge in [-0.2, -0.15) is 0 Å². The second-order valence-corrected chi connectivity index (χ2v) is 5.59. The second kappa shape index (κ2) is 7.84. The van der Waals surface area contributed by atoms with E-state index in [1.165, 1.54) is 25.7 Å². The van der Waals surface area contributed by atoms with Gasteiger partial charge in [0.25, 0.3) is 0 Å². The number of hydrogen-bond acceptors (Lipinski definition) is 3. The average Bonchev–Trinajstić information content (AvgIpc) is 2.62. The largest absolute Gasteiger partial charge is 0.393 e. The number of carbonyl (C=O) groups is 2. The lowest BCUT2D eigenvalue weighted by atomic mass is 10.1. The maximum absolute atomic E-state index is 11.3. The zero-order valence-electron chi connectivity index (χ0n) is 10.2. The van der Waals surface area contributed by atoms with Crippen LogP contribution in [-0.4, -0.2) is 11.9 Å². The van der Waals surface area contributed by atoms with Crippen LogP contribution in [-0.2, 0) is 14.3 Å². The molecule has 0 aromatic heterocycles. The van der Waals surface area contributed by atoms with Gasteiger partial charge >= 0.3 is 11.9 Å². The van der Waals surface area contributed by atoms with Crippen molar-refractivity contribution in [3.63, 3.8) is 0 Å². The molecule has 0 saturated carbocycles. The van der Waals surface area contributed by atoms with Crippen LogP contribution in [0.4, 0.5) is 0 Å². The van der Waals surface area contributed by atoms with Gasteiger partial charge in [-0.1, -0.05) is 38.7 Å². The third-order valence-electron chi connectivity index (χ3n) is 2.85. The Balaban J connectivity index is 2.25. The molecule has 96 valence electrons. The minimum Gasteiger partial charge on any atom is -0.393 e. The predicted octanol–water partition coefficient (Wildman–Crippen LogP) is 3.76. The first-order valence-electron chi connectivity index (χ1n) is 6.25. The molecule has 1 aliphatic heterocycles. The molecule has 0 spiro atoms. The molecule has 3 nitrogen and oxygen atoms in total. The van der Waals surface area contributed by atoms with Crippen molar-refractivity contribution in [3.8, 4) is 0 Å². The molecule has 0 bridgehead atoms.